The van der Waals surface area contributed by atoms with Gasteiger partial charge in [-0.1, -0.05) is 31.0 Å². The molecule has 4 saturated heterocycles. The van der Waals surface area contributed by atoms with E-state index in [-0.39, 0.29) is 36.2 Å². The first-order valence-corrected chi connectivity index (χ1v) is 22.6. The molecule has 5 aliphatic heterocycles. The lowest BCUT2D eigenvalue weighted by molar-refractivity contribution is -0.136. The summed E-state index contributed by atoms with van der Waals surface area (Å²) in [6.45, 7) is 5.30. The Morgan fingerprint density at radius 2 is 1.43 bits per heavy atom. The fourth-order valence-electron chi connectivity index (χ4n) is 10.4. The molecule has 7 heterocycles. The molecule has 5 aliphatic rings. The molecule has 1 unspecified atom stereocenters. The highest BCUT2D eigenvalue weighted by Gasteiger charge is 2.39. The summed E-state index contributed by atoms with van der Waals surface area (Å²) < 4.78 is 8.00. The molecule has 1 atom stereocenters. The van der Waals surface area contributed by atoms with Crippen LogP contribution in [0.1, 0.15) is 86.2 Å². The number of carbonyl (C=O) groups is 4. The number of hydrogen-bond donors (Lipinski definition) is 2. The molecule has 0 saturated carbocycles. The number of aromatic nitrogens is 4. The van der Waals surface area contributed by atoms with Gasteiger partial charge in [0.25, 0.3) is 5.91 Å². The summed E-state index contributed by atoms with van der Waals surface area (Å²) >= 11 is 0. The molecule has 3 aromatic carbocycles. The molecule has 0 bridgehead atoms. The van der Waals surface area contributed by atoms with Crippen molar-refractivity contribution < 1.29 is 23.9 Å². The first kappa shape index (κ1) is 40.6. The fourth-order valence-corrected chi connectivity index (χ4v) is 10.4. The van der Waals surface area contributed by atoms with Crippen molar-refractivity contribution in [2.45, 2.75) is 82.8 Å². The monoisotopic (exact) mass is 850 g/mol. The molecular weight excluding hydrogens is 797 g/mol. The average Bonchev–Trinajstić information content (AvgIpc) is 3.87. The maximum atomic E-state index is 13.8. The van der Waals surface area contributed by atoms with Crippen molar-refractivity contribution in [1.29, 1.82) is 0 Å². The number of fused-ring (bicyclic) bond motifs is 2. The van der Waals surface area contributed by atoms with Crippen LogP contribution in [0.25, 0.3) is 22.3 Å². The lowest BCUT2D eigenvalue weighted by Crippen LogP contribution is -2.52. The number of anilines is 2. The number of amides is 5. The molecule has 0 aliphatic carbocycles. The zero-order chi connectivity index (χ0) is 43.0. The van der Waals surface area contributed by atoms with Gasteiger partial charge in [0.05, 0.1) is 11.4 Å². The first-order chi connectivity index (χ1) is 30.8. The van der Waals surface area contributed by atoms with Crippen molar-refractivity contribution in [3.8, 4) is 22.8 Å². The largest absolute Gasteiger partial charge is 0.457 e. The molecule has 0 radical (unpaired) electrons. The van der Waals surface area contributed by atoms with Crippen molar-refractivity contribution in [3.63, 3.8) is 0 Å². The lowest BCUT2D eigenvalue weighted by Gasteiger charge is -2.39. The summed E-state index contributed by atoms with van der Waals surface area (Å²) in [6, 6.07) is 23.2. The van der Waals surface area contributed by atoms with E-state index in [1.54, 1.807) is 4.90 Å². The number of para-hydroxylation sites is 1. The Morgan fingerprint density at radius 1 is 0.762 bits per heavy atom. The predicted octanol–water partition coefficient (Wildman–Crippen LogP) is 6.79. The Kier molecular flexibility index (Phi) is 11.2. The van der Waals surface area contributed by atoms with E-state index in [1.165, 1.54) is 19.2 Å². The quantitative estimate of drug-likeness (QED) is 0.150. The van der Waals surface area contributed by atoms with E-state index in [0.717, 1.165) is 104 Å². The number of nitrogens with two attached hydrogens (primary N) is 1. The number of hydrogen-bond acceptors (Lipinski definition) is 10. The number of piperidine rings is 4. The van der Waals surface area contributed by atoms with Gasteiger partial charge in [0, 0.05) is 69.0 Å². The van der Waals surface area contributed by atoms with E-state index in [1.807, 2.05) is 76.3 Å². The number of urea groups is 1. The standard InChI is InChI=1S/C48H54N10O5/c49-44-42-43(33-8-11-38(12-9-33)63-37-4-2-1-3-5-37)53-58(45(42)51-30-50-44)35-20-26-56(27-21-35)48(62)55-24-18-32(19-25-55)7-6-31-16-22-54(23-17-31)36-10-13-39-34(28-36)29-57(47(39)61)40-14-15-41(59)52-46(40)60/h1-5,8-13,28,30-32,35,40H,6-7,14-27,29H2,(H2,49,50,51)(H,52,59,60). The predicted molar refractivity (Wildman–Crippen MR) is 238 cm³/mol. The molecule has 4 fully saturated rings. The van der Waals surface area contributed by atoms with Gasteiger partial charge in [0.15, 0.2) is 5.65 Å². The molecule has 0 spiro atoms. The molecule has 63 heavy (non-hydrogen) atoms. The smallest absolute Gasteiger partial charge is 0.320 e. The number of rotatable bonds is 9. The second-order valence-electron chi connectivity index (χ2n) is 17.9. The number of nitrogen functional groups attached to an aromatic ring is 1. The van der Waals surface area contributed by atoms with E-state index in [4.69, 9.17) is 15.6 Å². The number of imide groups is 1. The minimum Gasteiger partial charge on any atom is -0.457 e. The number of benzene rings is 3. The van der Waals surface area contributed by atoms with E-state index in [9.17, 15) is 19.2 Å². The Hall–Kier alpha value is -6.51. The van der Waals surface area contributed by atoms with Crippen LogP contribution in [-0.4, -0.2) is 104 Å². The van der Waals surface area contributed by atoms with Crippen LogP contribution in [0, 0.1) is 11.8 Å². The molecular formula is C48H54N10O5. The van der Waals surface area contributed by atoms with Crippen molar-refractivity contribution in [2.24, 2.45) is 11.8 Å². The molecule has 3 N–H and O–H groups in total. The minimum atomic E-state index is -0.598. The third-order valence-corrected chi connectivity index (χ3v) is 14.1. The molecule has 10 rings (SSSR count). The lowest BCUT2D eigenvalue weighted by atomic mass is 9.85. The molecule has 2 aromatic heterocycles. The summed E-state index contributed by atoms with van der Waals surface area (Å²) in [7, 11) is 0. The normalized spacial score (nSPS) is 20.4. The van der Waals surface area contributed by atoms with E-state index in [2.05, 4.69) is 31.2 Å². The topological polar surface area (TPSA) is 172 Å². The van der Waals surface area contributed by atoms with Crippen molar-refractivity contribution in [3.05, 3.63) is 90.3 Å². The highest BCUT2D eigenvalue weighted by atomic mass is 16.5. The summed E-state index contributed by atoms with van der Waals surface area (Å²) in [6.07, 6.45) is 10.5. The van der Waals surface area contributed by atoms with Crippen molar-refractivity contribution in [1.82, 2.24) is 39.8 Å². The fraction of sp³-hybridized carbons (Fsp3) is 0.438. The van der Waals surface area contributed by atoms with Gasteiger partial charge in [-0.2, -0.15) is 5.10 Å². The van der Waals surface area contributed by atoms with Gasteiger partial charge >= 0.3 is 6.03 Å². The number of likely N-dealkylation sites (tertiary alicyclic amines) is 2. The minimum absolute atomic E-state index is 0.0785. The average molecular weight is 851 g/mol. The number of nitrogens with one attached hydrogen (secondary N) is 1. The van der Waals surface area contributed by atoms with Crippen LogP contribution in [0.3, 0.4) is 0 Å². The van der Waals surface area contributed by atoms with Crippen LogP contribution in [0.15, 0.2) is 79.1 Å². The number of carbonyl (C=O) groups excluding carboxylic acids is 4. The second kappa shape index (κ2) is 17.3. The van der Waals surface area contributed by atoms with E-state index in [0.29, 0.717) is 54.9 Å². The van der Waals surface area contributed by atoms with Gasteiger partial charge in [0.2, 0.25) is 11.8 Å². The van der Waals surface area contributed by atoms with Gasteiger partial charge in [-0.3, -0.25) is 19.7 Å². The molecule has 326 valence electrons. The molecule has 5 aromatic rings. The Labute approximate surface area is 366 Å². The van der Waals surface area contributed by atoms with Crippen LogP contribution in [-0.2, 0) is 16.1 Å². The highest BCUT2D eigenvalue weighted by molar-refractivity contribution is 6.05. The van der Waals surface area contributed by atoms with Gasteiger partial charge < -0.3 is 30.1 Å². The van der Waals surface area contributed by atoms with Gasteiger partial charge in [-0.15, -0.1) is 0 Å². The third kappa shape index (κ3) is 8.28. The zero-order valence-corrected chi connectivity index (χ0v) is 35.5. The maximum Gasteiger partial charge on any atom is 0.320 e. The summed E-state index contributed by atoms with van der Waals surface area (Å²) in [4.78, 5) is 68.1. The van der Waals surface area contributed by atoms with Crippen molar-refractivity contribution in [2.75, 3.05) is 49.9 Å². The van der Waals surface area contributed by atoms with E-state index >= 15 is 0 Å². The first-order valence-electron chi connectivity index (χ1n) is 22.6. The van der Waals surface area contributed by atoms with Crippen LogP contribution >= 0.6 is 0 Å². The maximum absolute atomic E-state index is 13.8. The van der Waals surface area contributed by atoms with Gasteiger partial charge in [0.1, 0.15) is 35.4 Å². The Morgan fingerprint density at radius 3 is 2.13 bits per heavy atom. The highest BCUT2D eigenvalue weighted by Crippen LogP contribution is 2.37. The number of ether oxygens (including phenoxy) is 1. The summed E-state index contributed by atoms with van der Waals surface area (Å²) in [5.41, 5.74) is 11.5. The number of nitrogens with zero attached hydrogens (tertiary/aromatic N) is 8. The Balaban J connectivity index is 0.675. The molecule has 15 nitrogen and oxygen atoms in total. The Bertz CT molecular complexity index is 2500. The van der Waals surface area contributed by atoms with Gasteiger partial charge in [-0.05, 0) is 117 Å². The molecule has 15 heteroatoms. The van der Waals surface area contributed by atoms with Crippen LogP contribution in [0.4, 0.5) is 16.3 Å². The molecule has 5 amide bonds. The summed E-state index contributed by atoms with van der Waals surface area (Å²) in [5.74, 6) is 2.43. The van der Waals surface area contributed by atoms with Crippen molar-refractivity contribution >= 4 is 46.3 Å². The van der Waals surface area contributed by atoms with Crippen LogP contribution < -0.4 is 20.7 Å². The van der Waals surface area contributed by atoms with E-state index < -0.39 is 6.04 Å². The van der Waals surface area contributed by atoms with Crippen LogP contribution in [0.5, 0.6) is 11.5 Å². The summed E-state index contributed by atoms with van der Waals surface area (Å²) in [5, 5.41) is 8.19. The third-order valence-electron chi connectivity index (χ3n) is 14.1. The zero-order valence-electron chi connectivity index (χ0n) is 35.5. The van der Waals surface area contributed by atoms with Crippen LogP contribution in [0.2, 0.25) is 0 Å². The second-order valence-corrected chi connectivity index (χ2v) is 17.9. The SMILES string of the molecule is Nc1ncnc2c1c(-c1ccc(Oc3ccccc3)cc1)nn2C1CCN(C(=O)N2CCC(CCC3CCN(c4ccc5c(c4)CN(C4CCC(=O)NC4=O)C5=O)CC3)CC2)CC1. The van der Waals surface area contributed by atoms with Gasteiger partial charge in [-0.25, -0.2) is 19.4 Å².